The summed E-state index contributed by atoms with van der Waals surface area (Å²) in [5.74, 6) is -1.60. The predicted octanol–water partition coefficient (Wildman–Crippen LogP) is 3.85. The van der Waals surface area contributed by atoms with Crippen molar-refractivity contribution in [2.45, 2.75) is 32.6 Å². The van der Waals surface area contributed by atoms with Crippen LogP contribution in [0, 0.1) is 11.3 Å². The van der Waals surface area contributed by atoms with Gasteiger partial charge in [0.1, 0.15) is 11.5 Å². The minimum atomic E-state index is -1.06. The van der Waals surface area contributed by atoms with Gasteiger partial charge in [0.25, 0.3) is 0 Å². The van der Waals surface area contributed by atoms with E-state index in [-0.39, 0.29) is 28.7 Å². The van der Waals surface area contributed by atoms with Crippen molar-refractivity contribution in [3.05, 3.63) is 46.6 Å². The van der Waals surface area contributed by atoms with Gasteiger partial charge in [-0.05, 0) is 35.6 Å². The fourth-order valence-electron chi connectivity index (χ4n) is 3.50. The van der Waals surface area contributed by atoms with E-state index in [1.165, 1.54) is 0 Å². The van der Waals surface area contributed by atoms with E-state index in [1.807, 2.05) is 26.0 Å². The number of carboxylic acids is 1. The van der Waals surface area contributed by atoms with Gasteiger partial charge in [0, 0.05) is 23.1 Å². The zero-order valence-electron chi connectivity index (χ0n) is 13.0. The first-order valence-corrected chi connectivity index (χ1v) is 7.95. The number of carboxylic acid groups (broad SMARTS) is 1. The van der Waals surface area contributed by atoms with Crippen molar-refractivity contribution < 1.29 is 14.7 Å². The number of aliphatic carboxylic acids is 1. The monoisotopic (exact) mass is 331 g/mol. The Kier molecular flexibility index (Phi) is 3.88. The Morgan fingerprint density at radius 1 is 1.26 bits per heavy atom. The van der Waals surface area contributed by atoms with Crippen LogP contribution in [-0.2, 0) is 9.59 Å². The highest BCUT2D eigenvalue weighted by molar-refractivity contribution is 6.30. The van der Waals surface area contributed by atoms with Crippen LogP contribution < -0.4 is 0 Å². The average molecular weight is 332 g/mol. The molecule has 23 heavy (non-hydrogen) atoms. The van der Waals surface area contributed by atoms with Gasteiger partial charge in [-0.1, -0.05) is 37.6 Å². The number of carbonyl (C=O) groups excluding carboxylic acids is 1. The second-order valence-electron chi connectivity index (χ2n) is 7.00. The summed E-state index contributed by atoms with van der Waals surface area (Å²) in [7, 11) is 0. The minimum absolute atomic E-state index is 0.0155. The number of ketones is 1. The Balaban J connectivity index is 2.08. The van der Waals surface area contributed by atoms with Crippen LogP contribution in [0.3, 0.4) is 0 Å². The van der Waals surface area contributed by atoms with Crippen molar-refractivity contribution in [2.24, 2.45) is 16.3 Å². The third-order valence-electron chi connectivity index (χ3n) is 4.45. The zero-order valence-corrected chi connectivity index (χ0v) is 13.8. The van der Waals surface area contributed by atoms with Gasteiger partial charge in [-0.15, -0.1) is 0 Å². The third-order valence-corrected chi connectivity index (χ3v) is 4.70. The van der Waals surface area contributed by atoms with E-state index >= 15 is 0 Å². The van der Waals surface area contributed by atoms with E-state index in [1.54, 1.807) is 18.2 Å². The molecule has 0 radical (unpaired) electrons. The molecule has 120 valence electrons. The maximum atomic E-state index is 12.7. The Hall–Kier alpha value is -1.94. The zero-order chi connectivity index (χ0) is 16.8. The smallest absolute Gasteiger partial charge is 0.354 e. The average Bonchev–Trinajstić information content (AvgIpc) is 2.45. The molecular formula is C18H18ClNO3. The number of Topliss-reactive ketones (excluding diaryl/α,β-unsaturated/α-hetero) is 1. The Bertz CT molecular complexity index is 731. The summed E-state index contributed by atoms with van der Waals surface area (Å²) < 4.78 is 0. The summed E-state index contributed by atoms with van der Waals surface area (Å²) in [6.07, 6.45) is 2.71. The van der Waals surface area contributed by atoms with E-state index in [9.17, 15) is 14.7 Å². The molecule has 2 atom stereocenters. The molecule has 3 rings (SSSR count). The summed E-state index contributed by atoms with van der Waals surface area (Å²) in [6, 6.07) is 7.21. The number of nitrogens with zero attached hydrogens (tertiary/aromatic N) is 1. The second kappa shape index (κ2) is 5.60. The molecule has 1 heterocycles. The lowest BCUT2D eigenvalue weighted by Gasteiger charge is -2.39. The molecule has 4 nitrogen and oxygen atoms in total. The molecule has 5 heteroatoms. The predicted molar refractivity (Wildman–Crippen MR) is 88.9 cm³/mol. The number of benzene rings is 1. The molecule has 1 saturated carbocycles. The molecule has 1 aliphatic heterocycles. The Labute approximate surface area is 139 Å². The molecule has 1 fully saturated rings. The van der Waals surface area contributed by atoms with Crippen molar-refractivity contribution in [1.82, 2.24) is 0 Å². The highest BCUT2D eigenvalue weighted by Gasteiger charge is 2.44. The fourth-order valence-corrected chi connectivity index (χ4v) is 3.62. The second-order valence-corrected chi connectivity index (χ2v) is 7.44. The lowest BCUT2D eigenvalue weighted by molar-refractivity contribution is -0.133. The van der Waals surface area contributed by atoms with Gasteiger partial charge in [-0.3, -0.25) is 4.79 Å². The molecular weight excluding hydrogens is 314 g/mol. The van der Waals surface area contributed by atoms with Gasteiger partial charge in [0.2, 0.25) is 0 Å². The van der Waals surface area contributed by atoms with Gasteiger partial charge in [-0.25, -0.2) is 9.79 Å². The lowest BCUT2D eigenvalue weighted by Crippen LogP contribution is -2.42. The normalized spacial score (nSPS) is 26.1. The summed E-state index contributed by atoms with van der Waals surface area (Å²) in [5.41, 5.74) is 1.41. The summed E-state index contributed by atoms with van der Waals surface area (Å²) in [5, 5.41) is 9.96. The van der Waals surface area contributed by atoms with Crippen LogP contribution in [0.2, 0.25) is 5.02 Å². The Morgan fingerprint density at radius 3 is 2.52 bits per heavy atom. The summed E-state index contributed by atoms with van der Waals surface area (Å²) in [6.45, 7) is 4.03. The summed E-state index contributed by atoms with van der Waals surface area (Å²) in [4.78, 5) is 28.4. The van der Waals surface area contributed by atoms with E-state index < -0.39 is 5.97 Å². The van der Waals surface area contributed by atoms with E-state index in [0.29, 0.717) is 23.6 Å². The lowest BCUT2D eigenvalue weighted by atomic mass is 9.65. The van der Waals surface area contributed by atoms with Crippen molar-refractivity contribution in [3.8, 4) is 0 Å². The molecule has 1 aromatic rings. The number of hydrogen-bond donors (Lipinski definition) is 1. The molecule has 2 unspecified atom stereocenters. The molecule has 0 saturated heterocycles. The number of carbonyl (C=O) groups is 2. The van der Waals surface area contributed by atoms with Crippen LogP contribution >= 0.6 is 11.6 Å². The molecule has 1 aromatic carbocycles. The van der Waals surface area contributed by atoms with Crippen LogP contribution in [0.4, 0.5) is 0 Å². The van der Waals surface area contributed by atoms with Gasteiger partial charge in [0.15, 0.2) is 0 Å². The highest BCUT2D eigenvalue weighted by atomic mass is 35.5. The van der Waals surface area contributed by atoms with Crippen molar-refractivity contribution in [1.29, 1.82) is 0 Å². The first kappa shape index (κ1) is 15.9. The molecule has 0 bridgehead atoms. The largest absolute Gasteiger partial charge is 0.477 e. The number of allylic oxidation sites excluding steroid dienone is 1. The van der Waals surface area contributed by atoms with Gasteiger partial charge in [0.05, 0.1) is 5.92 Å². The van der Waals surface area contributed by atoms with E-state index in [0.717, 1.165) is 5.56 Å². The van der Waals surface area contributed by atoms with Crippen LogP contribution in [-0.4, -0.2) is 22.6 Å². The summed E-state index contributed by atoms with van der Waals surface area (Å²) >= 11 is 5.93. The van der Waals surface area contributed by atoms with Crippen LogP contribution in [0.1, 0.15) is 38.2 Å². The molecule has 1 aliphatic carbocycles. The van der Waals surface area contributed by atoms with Crippen LogP contribution in [0.25, 0.3) is 0 Å². The van der Waals surface area contributed by atoms with Gasteiger partial charge >= 0.3 is 5.97 Å². The number of fused-ring (bicyclic) bond motifs is 1. The van der Waals surface area contributed by atoms with Crippen molar-refractivity contribution in [2.75, 3.05) is 0 Å². The Morgan fingerprint density at radius 2 is 1.91 bits per heavy atom. The number of halogens is 1. The van der Waals surface area contributed by atoms with Gasteiger partial charge in [-0.2, -0.15) is 0 Å². The van der Waals surface area contributed by atoms with Crippen molar-refractivity contribution in [3.63, 3.8) is 0 Å². The number of aliphatic imine (C=N–C) groups is 1. The first-order valence-electron chi connectivity index (χ1n) is 7.57. The van der Waals surface area contributed by atoms with Crippen molar-refractivity contribution >= 4 is 29.1 Å². The fraction of sp³-hybridized carbons (Fsp3) is 0.389. The topological polar surface area (TPSA) is 66.7 Å². The molecule has 0 amide bonds. The van der Waals surface area contributed by atoms with Crippen LogP contribution in [0.15, 0.2) is 41.0 Å². The maximum absolute atomic E-state index is 12.7. The SMILES string of the molecule is CC1(C)CC(=O)C2C(=NC(C(=O)O)=CC2c2ccc(Cl)cc2)C1. The van der Waals surface area contributed by atoms with E-state index in [2.05, 4.69) is 4.99 Å². The standard InChI is InChI=1S/C18H18ClNO3/c1-18(2)8-14-16(15(21)9-18)12(7-13(20-14)17(22)23)10-3-5-11(19)6-4-10/h3-7,12,16H,8-9H2,1-2H3,(H,22,23). The molecule has 0 spiro atoms. The number of rotatable bonds is 2. The van der Waals surface area contributed by atoms with E-state index in [4.69, 9.17) is 11.6 Å². The third kappa shape index (κ3) is 3.08. The molecule has 1 N–H and O–H groups in total. The maximum Gasteiger partial charge on any atom is 0.354 e. The molecule has 0 aromatic heterocycles. The first-order chi connectivity index (χ1) is 10.8. The quantitative estimate of drug-likeness (QED) is 0.895. The highest BCUT2D eigenvalue weighted by Crippen LogP contribution is 2.43. The molecule has 2 aliphatic rings. The minimum Gasteiger partial charge on any atom is -0.477 e. The number of hydrogen-bond acceptors (Lipinski definition) is 3. The van der Waals surface area contributed by atoms with Crippen LogP contribution in [0.5, 0.6) is 0 Å². The van der Waals surface area contributed by atoms with Gasteiger partial charge < -0.3 is 5.11 Å².